The van der Waals surface area contributed by atoms with Gasteiger partial charge in [0, 0.05) is 24.1 Å². The summed E-state index contributed by atoms with van der Waals surface area (Å²) in [5.41, 5.74) is 1.30. The van der Waals surface area contributed by atoms with Crippen LogP contribution in [0.3, 0.4) is 0 Å². The Morgan fingerprint density at radius 1 is 1.26 bits per heavy atom. The van der Waals surface area contributed by atoms with Gasteiger partial charge in [-0.25, -0.2) is 0 Å². The summed E-state index contributed by atoms with van der Waals surface area (Å²) in [4.78, 5) is 0. The van der Waals surface area contributed by atoms with Gasteiger partial charge in [-0.15, -0.1) is 0 Å². The highest BCUT2D eigenvalue weighted by atomic mass is 16.5. The molecule has 0 aliphatic carbocycles. The summed E-state index contributed by atoms with van der Waals surface area (Å²) in [6.45, 7) is 3.58. The Kier molecular flexibility index (Phi) is 4.36. The van der Waals surface area contributed by atoms with Crippen LogP contribution < -0.4 is 10.1 Å². The number of para-hydroxylation sites is 1. The van der Waals surface area contributed by atoms with Crippen LogP contribution in [0.25, 0.3) is 0 Å². The van der Waals surface area contributed by atoms with Crippen LogP contribution in [0.15, 0.2) is 24.3 Å². The molecule has 3 nitrogen and oxygen atoms in total. The normalized spacial score (nSPS) is 25.9. The first kappa shape index (κ1) is 12.9. The van der Waals surface area contributed by atoms with Crippen molar-refractivity contribution >= 4 is 0 Å². The van der Waals surface area contributed by atoms with Crippen molar-refractivity contribution in [3.05, 3.63) is 29.8 Å². The molecule has 0 amide bonds. The molecule has 0 bridgehead atoms. The van der Waals surface area contributed by atoms with Crippen molar-refractivity contribution in [2.75, 3.05) is 26.4 Å². The number of hydrogen-bond donors (Lipinski definition) is 1. The number of benzene rings is 1. The zero-order chi connectivity index (χ0) is 12.9. The van der Waals surface area contributed by atoms with Crippen molar-refractivity contribution in [2.45, 2.75) is 37.6 Å². The van der Waals surface area contributed by atoms with Crippen molar-refractivity contribution in [1.29, 1.82) is 0 Å². The fourth-order valence-electron chi connectivity index (χ4n) is 2.99. The van der Waals surface area contributed by atoms with Crippen molar-refractivity contribution in [3.8, 4) is 5.75 Å². The van der Waals surface area contributed by atoms with Gasteiger partial charge in [-0.05, 0) is 31.9 Å². The molecule has 1 aromatic carbocycles. The topological polar surface area (TPSA) is 30.5 Å². The van der Waals surface area contributed by atoms with Gasteiger partial charge in [-0.3, -0.25) is 0 Å². The molecule has 19 heavy (non-hydrogen) atoms. The summed E-state index contributed by atoms with van der Waals surface area (Å²) in [6.07, 6.45) is 5.13. The van der Waals surface area contributed by atoms with Crippen molar-refractivity contribution in [2.24, 2.45) is 0 Å². The number of hydrogen-bond acceptors (Lipinski definition) is 3. The fourth-order valence-corrected chi connectivity index (χ4v) is 2.99. The van der Waals surface area contributed by atoms with Gasteiger partial charge in [0.05, 0.1) is 13.2 Å². The third kappa shape index (κ3) is 3.28. The number of rotatable bonds is 5. The summed E-state index contributed by atoms with van der Waals surface area (Å²) >= 11 is 0. The zero-order valence-corrected chi connectivity index (χ0v) is 11.4. The van der Waals surface area contributed by atoms with Gasteiger partial charge >= 0.3 is 0 Å². The molecule has 2 aliphatic rings. The first-order chi connectivity index (χ1) is 9.43. The lowest BCUT2D eigenvalue weighted by atomic mass is 10.0. The standard InChI is InChI=1S/C16H23NO2/c1-2-7-16-15(6-1)13(12-19-16)11-18-10-8-14-5-3-4-9-17-14/h1-2,6-7,13-14,17H,3-5,8-12H2. The fraction of sp³-hybridized carbons (Fsp3) is 0.625. The molecule has 104 valence electrons. The van der Waals surface area contributed by atoms with E-state index in [1.807, 2.05) is 12.1 Å². The maximum absolute atomic E-state index is 5.86. The highest BCUT2D eigenvalue weighted by Crippen LogP contribution is 2.33. The van der Waals surface area contributed by atoms with E-state index in [0.29, 0.717) is 12.0 Å². The predicted molar refractivity (Wildman–Crippen MR) is 75.8 cm³/mol. The highest BCUT2D eigenvalue weighted by molar-refractivity contribution is 5.39. The molecule has 2 aliphatic heterocycles. The molecule has 1 N–H and O–H groups in total. The smallest absolute Gasteiger partial charge is 0.123 e. The van der Waals surface area contributed by atoms with Gasteiger partial charge in [-0.2, -0.15) is 0 Å². The summed E-state index contributed by atoms with van der Waals surface area (Å²) in [6, 6.07) is 8.96. The maximum Gasteiger partial charge on any atom is 0.123 e. The Balaban J connectivity index is 1.39. The Hall–Kier alpha value is -1.06. The van der Waals surface area contributed by atoms with E-state index in [-0.39, 0.29) is 0 Å². The van der Waals surface area contributed by atoms with Crippen molar-refractivity contribution in [3.63, 3.8) is 0 Å². The van der Waals surface area contributed by atoms with E-state index in [1.54, 1.807) is 0 Å². The molecule has 0 spiro atoms. The first-order valence-corrected chi connectivity index (χ1v) is 7.46. The quantitative estimate of drug-likeness (QED) is 0.827. The van der Waals surface area contributed by atoms with Crippen LogP contribution in [0.1, 0.15) is 37.2 Å². The molecule has 2 atom stereocenters. The average Bonchev–Trinajstić information content (AvgIpc) is 2.88. The summed E-state index contributed by atoms with van der Waals surface area (Å²) in [7, 11) is 0. The lowest BCUT2D eigenvalue weighted by molar-refractivity contribution is 0.102. The monoisotopic (exact) mass is 261 g/mol. The SMILES string of the molecule is c1ccc2c(c1)OCC2COCCC1CCCCN1. The molecule has 1 saturated heterocycles. The number of ether oxygens (including phenoxy) is 2. The highest BCUT2D eigenvalue weighted by Gasteiger charge is 2.23. The predicted octanol–water partition coefficient (Wildman–Crippen LogP) is 2.71. The van der Waals surface area contributed by atoms with E-state index in [0.717, 1.165) is 32.0 Å². The molecule has 3 heteroatoms. The van der Waals surface area contributed by atoms with Crippen molar-refractivity contribution in [1.82, 2.24) is 5.32 Å². The first-order valence-electron chi connectivity index (χ1n) is 7.46. The van der Waals surface area contributed by atoms with Gasteiger partial charge in [0.2, 0.25) is 0 Å². The Morgan fingerprint density at radius 2 is 2.21 bits per heavy atom. The van der Waals surface area contributed by atoms with E-state index >= 15 is 0 Å². The number of nitrogens with one attached hydrogen (secondary N) is 1. The third-order valence-electron chi connectivity index (χ3n) is 4.14. The van der Waals surface area contributed by atoms with Crippen LogP contribution >= 0.6 is 0 Å². The minimum atomic E-state index is 0.413. The molecule has 3 rings (SSSR count). The van der Waals surface area contributed by atoms with Gasteiger partial charge in [-0.1, -0.05) is 24.6 Å². The van der Waals surface area contributed by atoms with Crippen LogP contribution in [0, 0.1) is 0 Å². The van der Waals surface area contributed by atoms with E-state index in [9.17, 15) is 0 Å². The average molecular weight is 261 g/mol. The maximum atomic E-state index is 5.86. The molecule has 2 unspecified atom stereocenters. The largest absolute Gasteiger partial charge is 0.493 e. The van der Waals surface area contributed by atoms with E-state index in [2.05, 4.69) is 17.4 Å². The molecule has 1 fully saturated rings. The number of piperidine rings is 1. The second-order valence-electron chi connectivity index (χ2n) is 5.56. The second-order valence-corrected chi connectivity index (χ2v) is 5.56. The van der Waals surface area contributed by atoms with Crippen LogP contribution in [0.5, 0.6) is 5.75 Å². The summed E-state index contributed by atoms with van der Waals surface area (Å²) in [5.74, 6) is 1.44. The molecule has 0 aromatic heterocycles. The molecule has 0 saturated carbocycles. The van der Waals surface area contributed by atoms with Gasteiger partial charge in [0.15, 0.2) is 0 Å². The molecule has 1 aromatic rings. The van der Waals surface area contributed by atoms with Crippen LogP contribution in [0.2, 0.25) is 0 Å². The molecule has 0 radical (unpaired) electrons. The van der Waals surface area contributed by atoms with E-state index in [1.165, 1.54) is 31.4 Å². The summed E-state index contributed by atoms with van der Waals surface area (Å²) < 4.78 is 11.5. The van der Waals surface area contributed by atoms with Crippen LogP contribution in [-0.2, 0) is 4.74 Å². The molecular weight excluding hydrogens is 238 g/mol. The Morgan fingerprint density at radius 3 is 3.11 bits per heavy atom. The van der Waals surface area contributed by atoms with Crippen LogP contribution in [-0.4, -0.2) is 32.4 Å². The lowest BCUT2D eigenvalue weighted by Gasteiger charge is -2.23. The minimum absolute atomic E-state index is 0.413. The molecular formula is C16H23NO2. The lowest BCUT2D eigenvalue weighted by Crippen LogP contribution is -2.34. The van der Waals surface area contributed by atoms with Gasteiger partial charge < -0.3 is 14.8 Å². The third-order valence-corrected chi connectivity index (χ3v) is 4.14. The summed E-state index contributed by atoms with van der Waals surface area (Å²) in [5, 5.41) is 3.56. The van der Waals surface area contributed by atoms with Gasteiger partial charge in [0.1, 0.15) is 5.75 Å². The minimum Gasteiger partial charge on any atom is -0.493 e. The number of fused-ring (bicyclic) bond motifs is 1. The van der Waals surface area contributed by atoms with Crippen molar-refractivity contribution < 1.29 is 9.47 Å². The Labute approximate surface area is 115 Å². The molecule has 2 heterocycles. The van der Waals surface area contributed by atoms with Crippen LogP contribution in [0.4, 0.5) is 0 Å². The van der Waals surface area contributed by atoms with Gasteiger partial charge in [0.25, 0.3) is 0 Å². The van der Waals surface area contributed by atoms with E-state index < -0.39 is 0 Å². The Bertz CT molecular complexity index is 401. The second kappa shape index (κ2) is 6.40. The van der Waals surface area contributed by atoms with E-state index in [4.69, 9.17) is 9.47 Å². The zero-order valence-electron chi connectivity index (χ0n) is 11.4.